The Hall–Kier alpha value is -2.33. The van der Waals surface area contributed by atoms with Crippen molar-refractivity contribution < 1.29 is 27.5 Å². The molecule has 2 aliphatic heterocycles. The Morgan fingerprint density at radius 1 is 1.36 bits per heavy atom. The molecule has 2 fully saturated rings. The fourth-order valence-electron chi connectivity index (χ4n) is 3.10. The summed E-state index contributed by atoms with van der Waals surface area (Å²) in [6.07, 6.45) is 0.575. The molecule has 0 radical (unpaired) electrons. The molecule has 0 saturated carbocycles. The van der Waals surface area contributed by atoms with Crippen LogP contribution in [0, 0.1) is 0 Å². The molecular formula is C15H19N3O6S. The second kappa shape index (κ2) is 6.19. The molecule has 3 rings (SSSR count). The molecule has 0 aromatic heterocycles. The molecule has 0 bridgehead atoms. The van der Waals surface area contributed by atoms with Gasteiger partial charge in [0.25, 0.3) is 5.91 Å². The molecule has 0 aliphatic carbocycles. The molecule has 2 heterocycles. The highest BCUT2D eigenvalue weighted by Crippen LogP contribution is 2.31. The van der Waals surface area contributed by atoms with E-state index in [9.17, 15) is 18.0 Å². The highest BCUT2D eigenvalue weighted by Gasteiger charge is 2.43. The van der Waals surface area contributed by atoms with E-state index in [1.54, 1.807) is 4.90 Å². The van der Waals surface area contributed by atoms with Gasteiger partial charge in [0.2, 0.25) is 10.0 Å². The van der Waals surface area contributed by atoms with Crippen LogP contribution in [0.15, 0.2) is 23.1 Å². The molecule has 2 amide bonds. The molecule has 1 aromatic rings. The number of likely N-dealkylation sites (tertiary alicyclic amines) is 1. The maximum absolute atomic E-state index is 12.8. The minimum atomic E-state index is -3.93. The number of benzene rings is 1. The van der Waals surface area contributed by atoms with Gasteiger partial charge in [-0.1, -0.05) is 0 Å². The summed E-state index contributed by atoms with van der Waals surface area (Å²) in [4.78, 5) is 25.5. The number of hydrogen-bond donors (Lipinski definition) is 2. The van der Waals surface area contributed by atoms with Crippen LogP contribution in [0.1, 0.15) is 23.2 Å². The normalized spacial score (nSPS) is 19.4. The summed E-state index contributed by atoms with van der Waals surface area (Å²) in [6.45, 7) is 1.20. The van der Waals surface area contributed by atoms with E-state index in [2.05, 4.69) is 5.32 Å². The third-order valence-electron chi connectivity index (χ3n) is 4.56. The first kappa shape index (κ1) is 17.5. The topological polar surface area (TPSA) is 128 Å². The van der Waals surface area contributed by atoms with E-state index >= 15 is 0 Å². The van der Waals surface area contributed by atoms with Gasteiger partial charge in [-0.3, -0.25) is 4.79 Å². The number of hydrogen-bond acceptors (Lipinski definition) is 6. The Balaban J connectivity index is 1.80. The highest BCUT2D eigenvalue weighted by molar-refractivity contribution is 7.89. The number of nitrogens with one attached hydrogen (secondary N) is 1. The van der Waals surface area contributed by atoms with Gasteiger partial charge in [0.1, 0.15) is 11.4 Å². The lowest BCUT2D eigenvalue weighted by molar-refractivity contribution is 0.00323. The Morgan fingerprint density at radius 3 is 2.56 bits per heavy atom. The van der Waals surface area contributed by atoms with Gasteiger partial charge >= 0.3 is 6.09 Å². The van der Waals surface area contributed by atoms with Crippen molar-refractivity contribution in [3.8, 4) is 5.75 Å². The van der Waals surface area contributed by atoms with Crippen molar-refractivity contribution in [1.82, 2.24) is 10.2 Å². The Bertz CT molecular complexity index is 815. The van der Waals surface area contributed by atoms with E-state index in [1.165, 1.54) is 25.3 Å². The number of carbonyl (C=O) groups excluding carboxylic acids is 2. The van der Waals surface area contributed by atoms with Gasteiger partial charge < -0.3 is 19.7 Å². The molecular weight excluding hydrogens is 350 g/mol. The van der Waals surface area contributed by atoms with Gasteiger partial charge in [-0.25, -0.2) is 18.4 Å². The molecule has 0 atom stereocenters. The van der Waals surface area contributed by atoms with Gasteiger partial charge in [0.05, 0.1) is 24.1 Å². The SMILES string of the molecule is COc1ccc(S(N)(=O)=O)cc1C(=O)N1CCC2(CC1)CNC(=O)O2. The number of piperidine rings is 1. The lowest BCUT2D eigenvalue weighted by Crippen LogP contribution is -2.48. The summed E-state index contributed by atoms with van der Waals surface area (Å²) >= 11 is 0. The molecule has 10 heteroatoms. The third-order valence-corrected chi connectivity index (χ3v) is 5.47. The van der Waals surface area contributed by atoms with Crippen molar-refractivity contribution in [3.63, 3.8) is 0 Å². The van der Waals surface area contributed by atoms with Crippen molar-refractivity contribution in [1.29, 1.82) is 0 Å². The molecule has 2 saturated heterocycles. The van der Waals surface area contributed by atoms with Crippen LogP contribution in [0.25, 0.3) is 0 Å². The van der Waals surface area contributed by atoms with Crippen LogP contribution in [0.2, 0.25) is 0 Å². The predicted octanol–water partition coefficient (Wildman–Crippen LogP) is 0.0572. The molecule has 136 valence electrons. The van der Waals surface area contributed by atoms with Crippen molar-refractivity contribution in [2.75, 3.05) is 26.7 Å². The van der Waals surface area contributed by atoms with Crippen LogP contribution in [0.4, 0.5) is 4.79 Å². The van der Waals surface area contributed by atoms with E-state index in [0.717, 1.165) is 0 Å². The zero-order chi connectivity index (χ0) is 18.2. The number of primary sulfonamides is 1. The highest BCUT2D eigenvalue weighted by atomic mass is 32.2. The number of sulfonamides is 1. The third kappa shape index (κ3) is 3.40. The number of methoxy groups -OCH3 is 1. The monoisotopic (exact) mass is 369 g/mol. The zero-order valence-corrected chi connectivity index (χ0v) is 14.5. The Kier molecular flexibility index (Phi) is 4.33. The summed E-state index contributed by atoms with van der Waals surface area (Å²) in [5.41, 5.74) is -0.438. The Morgan fingerprint density at radius 2 is 2.04 bits per heavy atom. The van der Waals surface area contributed by atoms with Crippen LogP contribution in [0.5, 0.6) is 5.75 Å². The predicted molar refractivity (Wildman–Crippen MR) is 86.7 cm³/mol. The first-order valence-corrected chi connectivity index (χ1v) is 9.26. The summed E-state index contributed by atoms with van der Waals surface area (Å²) in [5, 5.41) is 7.77. The molecule has 9 nitrogen and oxygen atoms in total. The first-order valence-electron chi connectivity index (χ1n) is 7.71. The van der Waals surface area contributed by atoms with Crippen LogP contribution < -0.4 is 15.2 Å². The molecule has 1 aromatic carbocycles. The molecule has 1 spiro atoms. The lowest BCUT2D eigenvalue weighted by Gasteiger charge is -2.37. The van der Waals surface area contributed by atoms with Crippen molar-refractivity contribution in [2.24, 2.45) is 5.14 Å². The van der Waals surface area contributed by atoms with E-state index in [0.29, 0.717) is 32.5 Å². The first-order chi connectivity index (χ1) is 11.7. The number of nitrogens with zero attached hydrogens (tertiary/aromatic N) is 1. The summed E-state index contributed by atoms with van der Waals surface area (Å²) in [6, 6.07) is 3.92. The smallest absolute Gasteiger partial charge is 0.407 e. The summed E-state index contributed by atoms with van der Waals surface area (Å²) < 4.78 is 33.6. The molecule has 2 aliphatic rings. The van der Waals surface area contributed by atoms with E-state index in [4.69, 9.17) is 14.6 Å². The van der Waals surface area contributed by atoms with Gasteiger partial charge in [-0.2, -0.15) is 0 Å². The van der Waals surface area contributed by atoms with E-state index in [-0.39, 0.29) is 22.1 Å². The standard InChI is InChI=1S/C15H19N3O6S/c1-23-12-3-2-10(25(16,21)22)8-11(12)13(19)18-6-4-15(5-7-18)9-17-14(20)24-15/h2-3,8H,4-7,9H2,1H3,(H,17,20)(H2,16,21,22). The average Bonchev–Trinajstić information content (AvgIpc) is 2.94. The van der Waals surface area contributed by atoms with E-state index < -0.39 is 21.7 Å². The maximum Gasteiger partial charge on any atom is 0.407 e. The second-order valence-electron chi connectivity index (χ2n) is 6.13. The zero-order valence-electron chi connectivity index (χ0n) is 13.6. The summed E-state index contributed by atoms with van der Waals surface area (Å²) in [5.74, 6) is -0.0823. The van der Waals surface area contributed by atoms with Crippen LogP contribution in [0.3, 0.4) is 0 Å². The molecule has 25 heavy (non-hydrogen) atoms. The minimum Gasteiger partial charge on any atom is -0.496 e. The number of nitrogens with two attached hydrogens (primary N) is 1. The quantitative estimate of drug-likeness (QED) is 0.775. The van der Waals surface area contributed by atoms with Gasteiger partial charge in [0, 0.05) is 25.9 Å². The Labute approximate surface area is 145 Å². The van der Waals surface area contributed by atoms with Crippen molar-refractivity contribution in [3.05, 3.63) is 23.8 Å². The molecule has 3 N–H and O–H groups in total. The number of carbonyl (C=O) groups is 2. The van der Waals surface area contributed by atoms with Gasteiger partial charge in [-0.05, 0) is 18.2 Å². The maximum atomic E-state index is 12.8. The number of alkyl carbamates (subject to hydrolysis) is 1. The minimum absolute atomic E-state index is 0.131. The number of ether oxygens (including phenoxy) is 2. The number of rotatable bonds is 3. The fourth-order valence-corrected chi connectivity index (χ4v) is 3.64. The second-order valence-corrected chi connectivity index (χ2v) is 7.69. The number of amides is 2. The van der Waals surface area contributed by atoms with Crippen molar-refractivity contribution in [2.45, 2.75) is 23.3 Å². The van der Waals surface area contributed by atoms with Crippen LogP contribution in [-0.2, 0) is 14.8 Å². The largest absolute Gasteiger partial charge is 0.496 e. The van der Waals surface area contributed by atoms with Crippen molar-refractivity contribution >= 4 is 22.0 Å². The average molecular weight is 369 g/mol. The van der Waals surface area contributed by atoms with Crippen LogP contribution in [-0.4, -0.2) is 57.7 Å². The fraction of sp³-hybridized carbons (Fsp3) is 0.467. The van der Waals surface area contributed by atoms with Crippen LogP contribution >= 0.6 is 0 Å². The van der Waals surface area contributed by atoms with Gasteiger partial charge in [0.15, 0.2) is 0 Å². The lowest BCUT2D eigenvalue weighted by atomic mass is 9.91. The molecule has 0 unspecified atom stereocenters. The summed E-state index contributed by atoms with van der Waals surface area (Å²) in [7, 11) is -2.53. The van der Waals surface area contributed by atoms with E-state index in [1.807, 2.05) is 0 Å². The van der Waals surface area contributed by atoms with Gasteiger partial charge in [-0.15, -0.1) is 0 Å².